The molecule has 0 aliphatic carbocycles. The quantitative estimate of drug-likeness (QED) is 0.725. The molecule has 6 heteroatoms. The lowest BCUT2D eigenvalue weighted by molar-refractivity contribution is 0.0522. The highest BCUT2D eigenvalue weighted by Crippen LogP contribution is 2.29. The summed E-state index contributed by atoms with van der Waals surface area (Å²) < 4.78 is 7.02. The van der Waals surface area contributed by atoms with E-state index in [2.05, 4.69) is 21.0 Å². The lowest BCUT2D eigenvalue weighted by Gasteiger charge is -2.19. The molecule has 0 spiro atoms. The van der Waals surface area contributed by atoms with E-state index >= 15 is 0 Å². The lowest BCUT2D eigenvalue weighted by atomic mass is 10.2. The Kier molecular flexibility index (Phi) is 3.38. The van der Waals surface area contributed by atoms with E-state index in [4.69, 9.17) is 16.3 Å². The van der Waals surface area contributed by atoms with Crippen LogP contribution < -0.4 is 0 Å². The number of ether oxygens (including phenoxy) is 1. The van der Waals surface area contributed by atoms with Crippen LogP contribution in [0.5, 0.6) is 0 Å². The van der Waals surface area contributed by atoms with Crippen LogP contribution in [0, 0.1) is 0 Å². The summed E-state index contributed by atoms with van der Waals surface area (Å²) in [7, 11) is 0. The van der Waals surface area contributed by atoms with Gasteiger partial charge < -0.3 is 4.74 Å². The lowest BCUT2D eigenvalue weighted by Crippen LogP contribution is -2.27. The Morgan fingerprint density at radius 3 is 2.72 bits per heavy atom. The Bertz CT molecular complexity index is 616. The highest BCUT2D eigenvalue weighted by atomic mass is 79.9. The molecule has 96 valence electrons. The highest BCUT2D eigenvalue weighted by Gasteiger charge is 2.22. The normalized spacial score (nSPS) is 11.8. The second kappa shape index (κ2) is 4.55. The average Bonchev–Trinajstić information content (AvgIpc) is 2.56. The van der Waals surface area contributed by atoms with Crippen molar-refractivity contribution in [3.8, 4) is 0 Å². The Hall–Kier alpha value is -1.07. The summed E-state index contributed by atoms with van der Waals surface area (Å²) >= 11 is 9.40. The van der Waals surface area contributed by atoms with Gasteiger partial charge in [0, 0.05) is 5.39 Å². The first-order chi connectivity index (χ1) is 8.29. The topological polar surface area (TPSA) is 44.1 Å². The third kappa shape index (κ3) is 2.52. The van der Waals surface area contributed by atoms with Gasteiger partial charge in [-0.1, -0.05) is 17.7 Å². The number of aromatic nitrogens is 2. The molecule has 0 aliphatic heterocycles. The summed E-state index contributed by atoms with van der Waals surface area (Å²) in [5, 5.41) is 5.34. The van der Waals surface area contributed by atoms with Crippen LogP contribution in [0.3, 0.4) is 0 Å². The van der Waals surface area contributed by atoms with Gasteiger partial charge >= 0.3 is 6.09 Å². The van der Waals surface area contributed by atoms with Crippen molar-refractivity contribution in [2.75, 3.05) is 0 Å². The predicted octanol–water partition coefficient (Wildman–Crippen LogP) is 4.24. The monoisotopic (exact) mass is 330 g/mol. The predicted molar refractivity (Wildman–Crippen MR) is 74.1 cm³/mol. The summed E-state index contributed by atoms with van der Waals surface area (Å²) in [5.74, 6) is 0. The molecule has 0 bridgehead atoms. The second-order valence-electron chi connectivity index (χ2n) is 4.82. The van der Waals surface area contributed by atoms with E-state index < -0.39 is 11.7 Å². The van der Waals surface area contributed by atoms with Crippen LogP contribution in [0.2, 0.25) is 5.02 Å². The number of para-hydroxylation sites is 1. The first-order valence-corrected chi connectivity index (χ1v) is 6.53. The zero-order valence-electron chi connectivity index (χ0n) is 10.2. The molecule has 0 amide bonds. The van der Waals surface area contributed by atoms with Gasteiger partial charge in [0.05, 0.1) is 5.02 Å². The Morgan fingerprint density at radius 1 is 1.44 bits per heavy atom. The van der Waals surface area contributed by atoms with Crippen LogP contribution in [0.4, 0.5) is 4.79 Å². The van der Waals surface area contributed by atoms with E-state index in [0.717, 1.165) is 5.39 Å². The van der Waals surface area contributed by atoms with Gasteiger partial charge in [0.2, 0.25) is 0 Å². The molecule has 0 unspecified atom stereocenters. The van der Waals surface area contributed by atoms with E-state index in [9.17, 15) is 4.79 Å². The first kappa shape index (κ1) is 13.4. The number of hydrogen-bond donors (Lipinski definition) is 0. The van der Waals surface area contributed by atoms with E-state index in [-0.39, 0.29) is 0 Å². The van der Waals surface area contributed by atoms with E-state index in [0.29, 0.717) is 15.1 Å². The van der Waals surface area contributed by atoms with Crippen molar-refractivity contribution < 1.29 is 9.53 Å². The first-order valence-electron chi connectivity index (χ1n) is 5.36. The number of nitrogens with zero attached hydrogens (tertiary/aromatic N) is 2. The molecule has 4 nitrogen and oxygen atoms in total. The maximum absolute atomic E-state index is 12.0. The minimum atomic E-state index is -0.580. The molecule has 0 saturated carbocycles. The van der Waals surface area contributed by atoms with E-state index in [1.54, 1.807) is 32.9 Å². The van der Waals surface area contributed by atoms with Gasteiger partial charge in [-0.05, 0) is 48.8 Å². The summed E-state index contributed by atoms with van der Waals surface area (Å²) in [4.78, 5) is 12.0. The molecule has 2 rings (SSSR count). The summed E-state index contributed by atoms with van der Waals surface area (Å²) in [6.45, 7) is 5.40. The summed E-state index contributed by atoms with van der Waals surface area (Å²) in [6.07, 6.45) is -0.550. The fourth-order valence-electron chi connectivity index (χ4n) is 1.53. The van der Waals surface area contributed by atoms with Crippen LogP contribution in [0.25, 0.3) is 10.9 Å². The largest absolute Gasteiger partial charge is 0.442 e. The van der Waals surface area contributed by atoms with Crippen molar-refractivity contribution in [2.24, 2.45) is 0 Å². The van der Waals surface area contributed by atoms with E-state index in [1.165, 1.54) is 4.68 Å². The standard InChI is InChI=1S/C12H12BrClN2O2/c1-12(2,3)18-11(17)16-9-7(10(13)15-16)5-4-6-8(9)14/h4-6H,1-3H3. The number of halogens is 2. The number of benzene rings is 1. The number of carbonyl (C=O) groups is 1. The summed E-state index contributed by atoms with van der Waals surface area (Å²) in [5.41, 5.74) is -0.0383. The number of hydrogen-bond acceptors (Lipinski definition) is 3. The van der Waals surface area contributed by atoms with Gasteiger partial charge in [-0.15, -0.1) is 0 Å². The fraction of sp³-hybridized carbons (Fsp3) is 0.333. The van der Waals surface area contributed by atoms with Crippen LogP contribution in [0.1, 0.15) is 20.8 Å². The Morgan fingerprint density at radius 2 is 2.11 bits per heavy atom. The van der Waals surface area contributed by atoms with Crippen LogP contribution in [-0.4, -0.2) is 21.5 Å². The van der Waals surface area contributed by atoms with Crippen molar-refractivity contribution in [3.63, 3.8) is 0 Å². The maximum Gasteiger partial charge on any atom is 0.435 e. The number of rotatable bonds is 0. The molecule has 18 heavy (non-hydrogen) atoms. The van der Waals surface area contributed by atoms with Crippen molar-refractivity contribution in [1.82, 2.24) is 9.78 Å². The second-order valence-corrected chi connectivity index (χ2v) is 5.98. The smallest absolute Gasteiger partial charge is 0.435 e. The van der Waals surface area contributed by atoms with Crippen molar-refractivity contribution >= 4 is 44.5 Å². The van der Waals surface area contributed by atoms with Gasteiger partial charge in [-0.2, -0.15) is 9.78 Å². The molecule has 1 aromatic carbocycles. The minimum Gasteiger partial charge on any atom is -0.442 e. The molecule has 0 atom stereocenters. The van der Waals surface area contributed by atoms with Crippen molar-refractivity contribution in [2.45, 2.75) is 26.4 Å². The third-order valence-electron chi connectivity index (χ3n) is 2.18. The summed E-state index contributed by atoms with van der Waals surface area (Å²) in [6, 6.07) is 5.34. The van der Waals surface area contributed by atoms with Crippen LogP contribution in [0.15, 0.2) is 22.8 Å². The number of carbonyl (C=O) groups excluding carboxylic acids is 1. The van der Waals surface area contributed by atoms with Gasteiger partial charge in [0.25, 0.3) is 0 Å². The van der Waals surface area contributed by atoms with Crippen LogP contribution in [-0.2, 0) is 4.74 Å². The van der Waals surface area contributed by atoms with Gasteiger partial charge in [-0.25, -0.2) is 4.79 Å². The fourth-order valence-corrected chi connectivity index (χ4v) is 2.26. The maximum atomic E-state index is 12.0. The number of fused-ring (bicyclic) bond motifs is 1. The SMILES string of the molecule is CC(C)(C)OC(=O)n1nc(Br)c2cccc(Cl)c21. The van der Waals surface area contributed by atoms with Crippen molar-refractivity contribution in [1.29, 1.82) is 0 Å². The van der Waals surface area contributed by atoms with Gasteiger partial charge in [-0.3, -0.25) is 0 Å². The Balaban J connectivity index is 2.55. The molecule has 0 aliphatic rings. The molecule has 2 aromatic rings. The highest BCUT2D eigenvalue weighted by molar-refractivity contribution is 9.10. The third-order valence-corrected chi connectivity index (χ3v) is 3.07. The molecule has 1 heterocycles. The molecular formula is C12H12BrClN2O2. The molecule has 0 saturated heterocycles. The van der Waals surface area contributed by atoms with Gasteiger partial charge in [0.15, 0.2) is 0 Å². The molecule has 0 radical (unpaired) electrons. The van der Waals surface area contributed by atoms with E-state index in [1.807, 2.05) is 6.07 Å². The molecule has 0 N–H and O–H groups in total. The molecule has 0 fully saturated rings. The molecular weight excluding hydrogens is 320 g/mol. The van der Waals surface area contributed by atoms with Gasteiger partial charge in [0.1, 0.15) is 15.7 Å². The zero-order chi connectivity index (χ0) is 13.5. The average molecular weight is 332 g/mol. The zero-order valence-corrected chi connectivity index (χ0v) is 12.5. The van der Waals surface area contributed by atoms with Crippen molar-refractivity contribution in [3.05, 3.63) is 27.8 Å². The minimum absolute atomic E-state index is 0.455. The van der Waals surface area contributed by atoms with Crippen LogP contribution >= 0.6 is 27.5 Å². The molecule has 1 aromatic heterocycles. The Labute approximate surface area is 118 Å².